The number of amides is 3. The zero-order valence-electron chi connectivity index (χ0n) is 19.0. The molecule has 0 radical (unpaired) electrons. The normalized spacial score (nSPS) is 20.4. The van der Waals surface area contributed by atoms with Gasteiger partial charge < -0.3 is 20.4 Å². The summed E-state index contributed by atoms with van der Waals surface area (Å²) in [7, 11) is 1.94. The summed E-state index contributed by atoms with van der Waals surface area (Å²) in [4.78, 5) is 40.0. The third kappa shape index (κ3) is 4.64. The van der Waals surface area contributed by atoms with Crippen LogP contribution in [0.4, 0.5) is 34.1 Å². The molecule has 172 valence electrons. The maximum Gasteiger partial charge on any atom is 0.226 e. The van der Waals surface area contributed by atoms with Crippen molar-refractivity contribution in [2.24, 2.45) is 10.3 Å². The van der Waals surface area contributed by atoms with E-state index in [1.807, 2.05) is 37.9 Å². The maximum absolute atomic E-state index is 12.2. The minimum absolute atomic E-state index is 0.0165. The number of benzene rings is 2. The molecule has 2 atom stereocenters. The van der Waals surface area contributed by atoms with Crippen LogP contribution in [-0.4, -0.2) is 36.9 Å². The van der Waals surface area contributed by atoms with Crippen molar-refractivity contribution in [1.29, 1.82) is 0 Å². The lowest BCUT2D eigenvalue weighted by atomic mass is 10.1. The number of hydrogen-bond acceptors (Lipinski definition) is 6. The summed E-state index contributed by atoms with van der Waals surface area (Å²) in [5.74, 6) is -0.293. The average Bonchev–Trinajstić information content (AvgIpc) is 2.94. The van der Waals surface area contributed by atoms with Crippen LogP contribution >= 0.6 is 0 Å². The van der Waals surface area contributed by atoms with Gasteiger partial charge in [0, 0.05) is 38.9 Å². The lowest BCUT2D eigenvalue weighted by Gasteiger charge is -2.26. The summed E-state index contributed by atoms with van der Waals surface area (Å²) < 4.78 is 0. The van der Waals surface area contributed by atoms with Gasteiger partial charge in [0.1, 0.15) is 0 Å². The number of nitrogens with zero attached hydrogens (tertiary/aromatic N) is 4. The Morgan fingerprint density at radius 2 is 1.67 bits per heavy atom. The molecule has 0 saturated heterocycles. The van der Waals surface area contributed by atoms with Gasteiger partial charge in [-0.2, -0.15) is 0 Å². The molecule has 2 heterocycles. The van der Waals surface area contributed by atoms with Crippen LogP contribution in [-0.2, 0) is 14.4 Å². The molecule has 0 aliphatic carbocycles. The van der Waals surface area contributed by atoms with E-state index in [1.165, 1.54) is 6.92 Å². The van der Waals surface area contributed by atoms with Gasteiger partial charge in [0.25, 0.3) is 0 Å². The molecule has 10 nitrogen and oxygen atoms in total. The van der Waals surface area contributed by atoms with E-state index in [1.54, 1.807) is 29.2 Å². The summed E-state index contributed by atoms with van der Waals surface area (Å²) in [6, 6.07) is 10.6. The highest BCUT2D eigenvalue weighted by molar-refractivity contribution is 6.04. The van der Waals surface area contributed by atoms with Crippen molar-refractivity contribution in [3.05, 3.63) is 36.4 Å². The molecule has 0 bridgehead atoms. The second kappa shape index (κ2) is 8.89. The van der Waals surface area contributed by atoms with Crippen molar-refractivity contribution < 1.29 is 14.4 Å². The number of anilines is 5. The molecular weight excluding hydrogens is 422 g/mol. The Hall–Kier alpha value is -3.95. The van der Waals surface area contributed by atoms with Crippen LogP contribution in [0.2, 0.25) is 0 Å². The number of hydrogen-bond donors (Lipinski definition) is 3. The molecule has 0 unspecified atom stereocenters. The Bertz CT molecular complexity index is 1150. The SMILES string of the molecule is CC(=O)N1c2ccc(NN=Nc3ccc4c(c3)N(C)[C@@H](C)CC(=O)N4)cc2NC(=O)C[C@H]1C. The largest absolute Gasteiger partial charge is 0.370 e. The number of carbonyl (C=O) groups excluding carboxylic acids is 3. The van der Waals surface area contributed by atoms with Crippen molar-refractivity contribution in [1.82, 2.24) is 0 Å². The van der Waals surface area contributed by atoms with E-state index in [4.69, 9.17) is 0 Å². The Morgan fingerprint density at radius 1 is 0.970 bits per heavy atom. The Labute approximate surface area is 192 Å². The van der Waals surface area contributed by atoms with Crippen LogP contribution in [0, 0.1) is 0 Å². The second-order valence-electron chi connectivity index (χ2n) is 8.45. The summed E-state index contributed by atoms with van der Waals surface area (Å²) in [6.45, 7) is 5.33. The van der Waals surface area contributed by atoms with Gasteiger partial charge in [0.05, 0.1) is 34.1 Å². The highest BCUT2D eigenvalue weighted by Gasteiger charge is 2.28. The summed E-state index contributed by atoms with van der Waals surface area (Å²) >= 11 is 0. The van der Waals surface area contributed by atoms with E-state index in [-0.39, 0.29) is 36.2 Å². The Kier molecular flexibility index (Phi) is 5.99. The van der Waals surface area contributed by atoms with Gasteiger partial charge >= 0.3 is 0 Å². The molecule has 33 heavy (non-hydrogen) atoms. The minimum Gasteiger partial charge on any atom is -0.370 e. The summed E-state index contributed by atoms with van der Waals surface area (Å²) in [6.07, 6.45) is 0.640. The first-order valence-electron chi connectivity index (χ1n) is 10.8. The predicted octanol–water partition coefficient (Wildman–Crippen LogP) is 4.05. The first-order chi connectivity index (χ1) is 15.7. The van der Waals surface area contributed by atoms with Crippen LogP contribution < -0.4 is 25.9 Å². The fourth-order valence-corrected chi connectivity index (χ4v) is 4.16. The first-order valence-corrected chi connectivity index (χ1v) is 10.8. The van der Waals surface area contributed by atoms with Crippen LogP contribution in [0.3, 0.4) is 0 Å². The minimum atomic E-state index is -0.235. The molecule has 0 spiro atoms. The number of nitrogens with one attached hydrogen (secondary N) is 3. The molecule has 0 aromatic heterocycles. The standard InChI is InChI=1S/C23H27N7O3/c1-13-9-22(32)24-18-7-5-17(12-21(18)29(13)4)27-28-26-16-6-8-20-19(11-16)25-23(33)10-14(2)30(20)15(3)31/h5-8,11-14H,9-10H2,1-4H3,(H,24,32)(H,25,33)(H,26,27)/t13-,14+/m0/s1. The molecule has 3 N–H and O–H groups in total. The van der Waals surface area contributed by atoms with Crippen LogP contribution in [0.5, 0.6) is 0 Å². The maximum atomic E-state index is 12.2. The highest BCUT2D eigenvalue weighted by Crippen LogP contribution is 2.35. The molecule has 2 aliphatic rings. The van der Waals surface area contributed by atoms with Gasteiger partial charge in [0.15, 0.2) is 0 Å². The molecule has 3 amide bonds. The number of fused-ring (bicyclic) bond motifs is 2. The monoisotopic (exact) mass is 449 g/mol. The summed E-state index contributed by atoms with van der Waals surface area (Å²) in [5.41, 5.74) is 6.91. The van der Waals surface area contributed by atoms with Crippen molar-refractivity contribution in [3.8, 4) is 0 Å². The zero-order valence-corrected chi connectivity index (χ0v) is 19.0. The quantitative estimate of drug-likeness (QED) is 0.483. The molecule has 0 fully saturated rings. The Morgan fingerprint density at radius 3 is 2.39 bits per heavy atom. The van der Waals surface area contributed by atoms with Gasteiger partial charge in [0.2, 0.25) is 17.7 Å². The van der Waals surface area contributed by atoms with Crippen LogP contribution in [0.1, 0.15) is 33.6 Å². The lowest BCUT2D eigenvalue weighted by molar-refractivity contribution is -0.118. The van der Waals surface area contributed by atoms with Gasteiger partial charge in [-0.1, -0.05) is 5.22 Å². The second-order valence-corrected chi connectivity index (χ2v) is 8.45. The van der Waals surface area contributed by atoms with Gasteiger partial charge in [-0.15, -0.1) is 5.11 Å². The van der Waals surface area contributed by atoms with Gasteiger partial charge in [-0.3, -0.25) is 19.8 Å². The van der Waals surface area contributed by atoms with Crippen molar-refractivity contribution in [3.63, 3.8) is 0 Å². The molecular formula is C23H27N7O3. The van der Waals surface area contributed by atoms with Crippen molar-refractivity contribution >= 4 is 51.8 Å². The van der Waals surface area contributed by atoms with E-state index in [0.717, 1.165) is 11.4 Å². The zero-order chi connectivity index (χ0) is 23.7. The Balaban J connectivity index is 1.54. The molecule has 2 aromatic carbocycles. The van der Waals surface area contributed by atoms with Crippen molar-refractivity contribution in [2.45, 2.75) is 45.7 Å². The molecule has 0 saturated carbocycles. The smallest absolute Gasteiger partial charge is 0.226 e. The number of rotatable bonds is 3. The molecule has 2 aliphatic heterocycles. The third-order valence-corrected chi connectivity index (χ3v) is 5.91. The van der Waals surface area contributed by atoms with Crippen molar-refractivity contribution in [2.75, 3.05) is 32.9 Å². The van der Waals surface area contributed by atoms with E-state index in [2.05, 4.69) is 26.4 Å². The molecule has 2 aromatic rings. The highest BCUT2D eigenvalue weighted by atomic mass is 16.2. The predicted molar refractivity (Wildman–Crippen MR) is 128 cm³/mol. The molecule has 4 rings (SSSR count). The number of carbonyl (C=O) groups is 3. The fraction of sp³-hybridized carbons (Fsp3) is 0.348. The van der Waals surface area contributed by atoms with Crippen LogP contribution in [0.15, 0.2) is 46.7 Å². The van der Waals surface area contributed by atoms with Gasteiger partial charge in [-0.25, -0.2) is 0 Å². The van der Waals surface area contributed by atoms with Gasteiger partial charge in [-0.05, 0) is 50.2 Å². The summed E-state index contributed by atoms with van der Waals surface area (Å²) in [5, 5.41) is 14.1. The third-order valence-electron chi connectivity index (χ3n) is 5.91. The van der Waals surface area contributed by atoms with E-state index in [0.29, 0.717) is 29.2 Å². The van der Waals surface area contributed by atoms with E-state index < -0.39 is 0 Å². The molecule has 10 heteroatoms. The van der Waals surface area contributed by atoms with E-state index in [9.17, 15) is 14.4 Å². The average molecular weight is 450 g/mol. The van der Waals surface area contributed by atoms with E-state index >= 15 is 0 Å². The fourth-order valence-electron chi connectivity index (χ4n) is 4.16. The van der Waals surface area contributed by atoms with Crippen LogP contribution in [0.25, 0.3) is 0 Å². The first kappa shape index (κ1) is 22.3. The topological polar surface area (TPSA) is 118 Å². The lowest BCUT2D eigenvalue weighted by Crippen LogP contribution is -2.37.